The Bertz CT molecular complexity index is 1380. The zero-order valence-electron chi connectivity index (χ0n) is 23.3. The number of ether oxygens (including phenoxy) is 3. The fraction of sp³-hybridized carbons (Fsp3) is 0.433. The summed E-state index contributed by atoms with van der Waals surface area (Å²) in [4.78, 5) is 23.8. The maximum absolute atomic E-state index is 12.9. The van der Waals surface area contributed by atoms with Crippen LogP contribution >= 0.6 is 0 Å². The molecule has 11 heteroatoms. The number of hydrogen-bond donors (Lipinski definition) is 2. The van der Waals surface area contributed by atoms with E-state index in [0.29, 0.717) is 61.1 Å². The van der Waals surface area contributed by atoms with Crippen molar-refractivity contribution in [1.82, 2.24) is 14.8 Å². The molecule has 0 atom stereocenters. The number of methoxy groups -OCH3 is 1. The van der Waals surface area contributed by atoms with Crippen LogP contribution in [0.4, 0.5) is 16.2 Å². The fourth-order valence-corrected chi connectivity index (χ4v) is 5.25. The highest BCUT2D eigenvalue weighted by molar-refractivity contribution is 5.96. The molecule has 11 nitrogen and oxygen atoms in total. The van der Waals surface area contributed by atoms with Crippen molar-refractivity contribution >= 4 is 28.3 Å². The first kappa shape index (κ1) is 28.4. The quantitative estimate of drug-likeness (QED) is 0.380. The van der Waals surface area contributed by atoms with Gasteiger partial charge in [-0.25, -0.2) is 4.79 Å². The second-order valence-corrected chi connectivity index (χ2v) is 10.1. The maximum Gasteiger partial charge on any atom is 0.321 e. The Labute approximate surface area is 239 Å². The number of nitrogens with one attached hydrogen (secondary N) is 1. The number of nitriles is 1. The lowest BCUT2D eigenvalue weighted by Crippen LogP contribution is -2.50. The topological polar surface area (TPSA) is 123 Å². The van der Waals surface area contributed by atoms with Crippen LogP contribution in [-0.2, 0) is 11.3 Å². The summed E-state index contributed by atoms with van der Waals surface area (Å²) in [5, 5.41) is 22.9. The summed E-state index contributed by atoms with van der Waals surface area (Å²) in [6, 6.07) is 12.5. The van der Waals surface area contributed by atoms with Crippen LogP contribution in [0.25, 0.3) is 10.9 Å². The number of morpholine rings is 1. The summed E-state index contributed by atoms with van der Waals surface area (Å²) in [5.74, 6) is 1.25. The highest BCUT2D eigenvalue weighted by Gasteiger charge is 2.25. The molecule has 3 aromatic rings. The summed E-state index contributed by atoms with van der Waals surface area (Å²) in [7, 11) is 1.62. The van der Waals surface area contributed by atoms with Crippen LogP contribution in [0.15, 0.2) is 42.6 Å². The number of carbonyl (C=O) groups excluding carboxylic acids is 1. The molecule has 0 aliphatic carbocycles. The molecule has 216 valence electrons. The molecule has 0 unspecified atom stereocenters. The van der Waals surface area contributed by atoms with Crippen molar-refractivity contribution in [3.8, 4) is 17.6 Å². The van der Waals surface area contributed by atoms with E-state index in [-0.39, 0.29) is 12.6 Å². The number of benzene rings is 2. The van der Waals surface area contributed by atoms with Crippen LogP contribution in [0.5, 0.6) is 11.5 Å². The van der Waals surface area contributed by atoms with Crippen molar-refractivity contribution in [3.63, 3.8) is 0 Å². The number of aliphatic hydroxyl groups excluding tert-OH is 1. The zero-order chi connectivity index (χ0) is 28.6. The first-order valence-corrected chi connectivity index (χ1v) is 13.9. The molecular formula is C30H36N6O5. The van der Waals surface area contributed by atoms with Crippen LogP contribution in [0.1, 0.15) is 17.5 Å². The Hall–Kier alpha value is -4.11. The zero-order valence-corrected chi connectivity index (χ0v) is 23.3. The molecule has 1 aromatic heterocycles. The van der Waals surface area contributed by atoms with Crippen molar-refractivity contribution in [1.29, 1.82) is 5.26 Å². The number of piperazine rings is 1. The Morgan fingerprint density at radius 3 is 2.54 bits per heavy atom. The lowest BCUT2D eigenvalue weighted by atomic mass is 10.1. The van der Waals surface area contributed by atoms with Crippen molar-refractivity contribution in [2.45, 2.75) is 13.0 Å². The number of pyridine rings is 1. The number of carbonyl (C=O) groups is 1. The van der Waals surface area contributed by atoms with E-state index < -0.39 is 0 Å². The van der Waals surface area contributed by atoms with Gasteiger partial charge in [-0.2, -0.15) is 5.26 Å². The number of urea groups is 1. The van der Waals surface area contributed by atoms with Crippen molar-refractivity contribution in [3.05, 3.63) is 53.7 Å². The van der Waals surface area contributed by atoms with E-state index in [1.165, 1.54) is 0 Å². The predicted octanol–water partition coefficient (Wildman–Crippen LogP) is 3.06. The van der Waals surface area contributed by atoms with Crippen molar-refractivity contribution < 1.29 is 24.1 Å². The largest absolute Gasteiger partial charge is 0.493 e. The Morgan fingerprint density at radius 1 is 1.10 bits per heavy atom. The summed E-state index contributed by atoms with van der Waals surface area (Å²) in [5.41, 5.74) is 3.54. The molecule has 5 rings (SSSR count). The fourth-order valence-electron chi connectivity index (χ4n) is 5.25. The average Bonchev–Trinajstić information content (AvgIpc) is 3.03. The predicted molar refractivity (Wildman–Crippen MR) is 156 cm³/mol. The number of aliphatic hydroxyl groups is 1. The summed E-state index contributed by atoms with van der Waals surface area (Å²) in [6.45, 7) is 7.05. The maximum atomic E-state index is 12.9. The molecule has 2 aliphatic heterocycles. The summed E-state index contributed by atoms with van der Waals surface area (Å²) >= 11 is 0. The smallest absolute Gasteiger partial charge is 0.321 e. The molecule has 3 heterocycles. The summed E-state index contributed by atoms with van der Waals surface area (Å²) in [6.07, 6.45) is 2.60. The molecule has 0 saturated carbocycles. The molecule has 2 aromatic carbocycles. The second kappa shape index (κ2) is 13.5. The van der Waals surface area contributed by atoms with Gasteiger partial charge in [0.05, 0.1) is 56.4 Å². The van der Waals surface area contributed by atoms with Crippen LogP contribution in [-0.4, -0.2) is 98.7 Å². The van der Waals surface area contributed by atoms with E-state index in [2.05, 4.69) is 26.2 Å². The van der Waals surface area contributed by atoms with Crippen molar-refractivity contribution in [2.75, 3.05) is 83.0 Å². The van der Waals surface area contributed by atoms with Crippen LogP contribution in [0.3, 0.4) is 0 Å². The van der Waals surface area contributed by atoms with Gasteiger partial charge < -0.3 is 34.4 Å². The molecule has 2 aliphatic rings. The average molecular weight is 561 g/mol. The molecule has 2 N–H and O–H groups in total. The van der Waals surface area contributed by atoms with Gasteiger partial charge in [-0.05, 0) is 36.8 Å². The molecule has 0 radical (unpaired) electrons. The molecule has 0 bridgehead atoms. The van der Waals surface area contributed by atoms with Gasteiger partial charge in [-0.1, -0.05) is 0 Å². The van der Waals surface area contributed by atoms with Gasteiger partial charge in [0.2, 0.25) is 0 Å². The third kappa shape index (κ3) is 6.79. The second-order valence-electron chi connectivity index (χ2n) is 10.1. The van der Waals surface area contributed by atoms with Crippen LogP contribution in [0.2, 0.25) is 0 Å². The first-order valence-electron chi connectivity index (χ1n) is 13.9. The number of rotatable bonds is 9. The van der Waals surface area contributed by atoms with Gasteiger partial charge in [-0.3, -0.25) is 9.88 Å². The van der Waals surface area contributed by atoms with Gasteiger partial charge >= 0.3 is 6.03 Å². The van der Waals surface area contributed by atoms with Crippen molar-refractivity contribution in [2.24, 2.45) is 0 Å². The standard InChI is InChI=1S/C30H36N6O5/c1-39-27-17-25-26(18-28(27)41-14-2-7-34-12-15-40-16-13-34)32-20-23(21-37)29(25)35-8-10-36(11-9-35)30(38)33-24-5-3-22(19-31)4-6-24/h3-6,17-18,20,37H,2,7-16,21H2,1H3,(H,33,38). The Balaban J connectivity index is 1.26. The van der Waals surface area contributed by atoms with E-state index in [0.717, 1.165) is 55.9 Å². The normalized spacial score (nSPS) is 15.9. The highest BCUT2D eigenvalue weighted by atomic mass is 16.5. The molecule has 2 amide bonds. The van der Waals surface area contributed by atoms with E-state index in [1.807, 2.05) is 12.1 Å². The van der Waals surface area contributed by atoms with E-state index in [4.69, 9.17) is 19.5 Å². The number of fused-ring (bicyclic) bond motifs is 1. The van der Waals surface area contributed by atoms with Gasteiger partial charge in [0.15, 0.2) is 11.5 Å². The Morgan fingerprint density at radius 2 is 1.85 bits per heavy atom. The third-order valence-corrected chi connectivity index (χ3v) is 7.50. The minimum Gasteiger partial charge on any atom is -0.493 e. The molecule has 2 fully saturated rings. The minimum atomic E-state index is -0.187. The number of hydrogen-bond acceptors (Lipinski definition) is 9. The first-order chi connectivity index (χ1) is 20.1. The highest BCUT2D eigenvalue weighted by Crippen LogP contribution is 2.38. The SMILES string of the molecule is COc1cc2c(N3CCN(C(=O)Nc4ccc(C#N)cc4)CC3)c(CO)cnc2cc1OCCCN1CCOCC1. The lowest BCUT2D eigenvalue weighted by molar-refractivity contribution is 0.0357. The third-order valence-electron chi connectivity index (χ3n) is 7.50. The summed E-state index contributed by atoms with van der Waals surface area (Å²) < 4.78 is 17.2. The molecular weight excluding hydrogens is 524 g/mol. The lowest BCUT2D eigenvalue weighted by Gasteiger charge is -2.37. The molecule has 41 heavy (non-hydrogen) atoms. The van der Waals surface area contributed by atoms with Gasteiger partial charge in [0, 0.05) is 74.7 Å². The minimum absolute atomic E-state index is 0.153. The van der Waals surface area contributed by atoms with E-state index in [1.54, 1.807) is 42.5 Å². The monoisotopic (exact) mass is 560 g/mol. The number of anilines is 2. The van der Waals surface area contributed by atoms with E-state index in [9.17, 15) is 9.90 Å². The molecule has 0 spiro atoms. The van der Waals surface area contributed by atoms with E-state index >= 15 is 0 Å². The van der Waals surface area contributed by atoms with Gasteiger partial charge in [0.1, 0.15) is 0 Å². The van der Waals surface area contributed by atoms with Crippen LogP contribution < -0.4 is 19.7 Å². The Kier molecular flexibility index (Phi) is 9.36. The van der Waals surface area contributed by atoms with Crippen LogP contribution in [0, 0.1) is 11.3 Å². The van der Waals surface area contributed by atoms with Gasteiger partial charge in [-0.15, -0.1) is 0 Å². The number of amides is 2. The van der Waals surface area contributed by atoms with Gasteiger partial charge in [0.25, 0.3) is 0 Å². The number of aromatic nitrogens is 1. The number of nitrogens with zero attached hydrogens (tertiary/aromatic N) is 5. The molecule has 2 saturated heterocycles.